The Morgan fingerprint density at radius 3 is 2.65 bits per heavy atom. The Labute approximate surface area is 139 Å². The van der Waals surface area contributed by atoms with Gasteiger partial charge in [0.1, 0.15) is 30.2 Å². The number of rotatable bonds is 6. The average Bonchev–Trinajstić information content (AvgIpc) is 2.99. The van der Waals surface area contributed by atoms with E-state index in [4.69, 9.17) is 10.00 Å². The third kappa shape index (κ3) is 5.28. The topological polar surface area (TPSA) is 91.1 Å². The number of hydrogen-bond acceptors (Lipinski definition) is 7. The first kappa shape index (κ1) is 17.3. The van der Waals surface area contributed by atoms with Crippen LogP contribution in [-0.4, -0.2) is 39.5 Å². The molecule has 0 saturated carbocycles. The summed E-state index contributed by atoms with van der Waals surface area (Å²) in [5.74, 6) is 0.658. The molecule has 0 fully saturated rings. The van der Waals surface area contributed by atoms with E-state index in [1.54, 1.807) is 12.1 Å². The number of aliphatic hydroxyl groups is 1. The number of hydrogen-bond donors (Lipinski definition) is 2. The maximum atomic E-state index is 9.91. The molecule has 0 radical (unpaired) electrons. The van der Waals surface area contributed by atoms with Crippen LogP contribution in [0.2, 0.25) is 0 Å². The van der Waals surface area contributed by atoms with Gasteiger partial charge >= 0.3 is 0 Å². The summed E-state index contributed by atoms with van der Waals surface area (Å²) in [6.07, 6.45) is -0.582. The molecular weight excluding hydrogens is 312 g/mol. The Bertz CT molecular complexity index is 671. The predicted molar refractivity (Wildman–Crippen MR) is 89.3 cm³/mol. The number of nitrogens with zero attached hydrogens (tertiary/aromatic N) is 3. The summed E-state index contributed by atoms with van der Waals surface area (Å²) < 4.78 is 9.36. The second-order valence-electron chi connectivity index (χ2n) is 6.18. The van der Waals surface area contributed by atoms with Gasteiger partial charge in [-0.05, 0) is 56.6 Å². The highest BCUT2D eigenvalue weighted by Gasteiger charge is 2.13. The van der Waals surface area contributed by atoms with Crippen LogP contribution in [0.15, 0.2) is 24.3 Å². The van der Waals surface area contributed by atoms with Gasteiger partial charge in [-0.25, -0.2) is 0 Å². The molecule has 0 aliphatic carbocycles. The third-order valence-electron chi connectivity index (χ3n) is 3.03. The lowest BCUT2D eigenvalue weighted by atomic mass is 10.1. The van der Waals surface area contributed by atoms with E-state index in [9.17, 15) is 5.11 Å². The van der Waals surface area contributed by atoms with Gasteiger partial charge in [-0.1, -0.05) is 4.49 Å². The van der Waals surface area contributed by atoms with E-state index >= 15 is 0 Å². The molecule has 1 aromatic heterocycles. The van der Waals surface area contributed by atoms with Crippen molar-refractivity contribution in [2.24, 2.45) is 0 Å². The Kier molecular flexibility index (Phi) is 5.66. The van der Waals surface area contributed by atoms with E-state index in [-0.39, 0.29) is 12.1 Å². The minimum absolute atomic E-state index is 0.0390. The number of aromatic nitrogens is 2. The van der Waals surface area contributed by atoms with Crippen LogP contribution >= 0.6 is 11.5 Å². The zero-order valence-corrected chi connectivity index (χ0v) is 14.2. The van der Waals surface area contributed by atoms with Crippen LogP contribution in [0.1, 0.15) is 25.6 Å². The van der Waals surface area contributed by atoms with Crippen molar-refractivity contribution in [3.8, 4) is 23.1 Å². The average molecular weight is 332 g/mol. The van der Waals surface area contributed by atoms with Crippen molar-refractivity contribution in [2.75, 3.05) is 13.2 Å². The Morgan fingerprint density at radius 1 is 1.35 bits per heavy atom. The molecule has 0 spiro atoms. The van der Waals surface area contributed by atoms with Crippen molar-refractivity contribution < 1.29 is 9.84 Å². The van der Waals surface area contributed by atoms with Crippen molar-refractivity contribution in [1.82, 2.24) is 14.9 Å². The molecule has 122 valence electrons. The lowest BCUT2D eigenvalue weighted by Crippen LogP contribution is -2.42. The van der Waals surface area contributed by atoms with Crippen molar-refractivity contribution in [3.05, 3.63) is 29.1 Å². The van der Waals surface area contributed by atoms with Gasteiger partial charge in [0, 0.05) is 17.6 Å². The summed E-state index contributed by atoms with van der Waals surface area (Å²) >= 11 is 1.08. The summed E-state index contributed by atoms with van der Waals surface area (Å²) in [5.41, 5.74) is 1.36. The number of nitrogens with one attached hydrogen (secondary N) is 1. The maximum Gasteiger partial charge on any atom is 0.153 e. The maximum absolute atomic E-state index is 9.91. The minimum Gasteiger partial charge on any atom is -0.491 e. The first-order valence-electron chi connectivity index (χ1n) is 7.28. The Hall–Kier alpha value is -2.01. The van der Waals surface area contributed by atoms with Crippen LogP contribution in [-0.2, 0) is 0 Å². The van der Waals surface area contributed by atoms with Crippen molar-refractivity contribution in [3.63, 3.8) is 0 Å². The largest absolute Gasteiger partial charge is 0.491 e. The van der Waals surface area contributed by atoms with Gasteiger partial charge in [0.2, 0.25) is 0 Å². The molecule has 0 bridgehead atoms. The SMILES string of the molecule is CC(C)(C)NCC(O)COc1ccc(-c2nnsc2C#N)cc1. The molecule has 1 aromatic carbocycles. The van der Waals surface area contributed by atoms with Gasteiger partial charge in [-0.3, -0.25) is 0 Å². The van der Waals surface area contributed by atoms with Gasteiger partial charge in [-0.2, -0.15) is 5.26 Å². The normalized spacial score (nSPS) is 12.7. The minimum atomic E-state index is -0.582. The fraction of sp³-hybridized carbons (Fsp3) is 0.438. The molecule has 6 nitrogen and oxygen atoms in total. The van der Waals surface area contributed by atoms with Crippen molar-refractivity contribution in [1.29, 1.82) is 5.26 Å². The highest BCUT2D eigenvalue weighted by molar-refractivity contribution is 7.06. The summed E-state index contributed by atoms with van der Waals surface area (Å²) in [6.45, 7) is 6.81. The molecule has 7 heteroatoms. The molecular formula is C16H20N4O2S. The van der Waals surface area contributed by atoms with Crippen LogP contribution in [0.25, 0.3) is 11.3 Å². The molecule has 0 amide bonds. The van der Waals surface area contributed by atoms with Crippen molar-refractivity contribution >= 4 is 11.5 Å². The molecule has 0 aliphatic heterocycles. The van der Waals surface area contributed by atoms with Crippen LogP contribution < -0.4 is 10.1 Å². The third-order valence-corrected chi connectivity index (χ3v) is 3.66. The highest BCUT2D eigenvalue weighted by atomic mass is 32.1. The smallest absolute Gasteiger partial charge is 0.153 e. The second kappa shape index (κ2) is 7.51. The summed E-state index contributed by atoms with van der Waals surface area (Å²) in [7, 11) is 0. The Morgan fingerprint density at radius 2 is 2.04 bits per heavy atom. The van der Waals surface area contributed by atoms with E-state index in [1.807, 2.05) is 32.9 Å². The second-order valence-corrected chi connectivity index (χ2v) is 6.94. The number of nitriles is 1. The highest BCUT2D eigenvalue weighted by Crippen LogP contribution is 2.25. The number of β-amino-alcohol motifs (C(OH)–C–C–N with tert-alkyl or cyclic N) is 1. The van der Waals surface area contributed by atoms with E-state index in [0.717, 1.165) is 17.1 Å². The van der Waals surface area contributed by atoms with Gasteiger partial charge in [-0.15, -0.1) is 5.10 Å². The lowest BCUT2D eigenvalue weighted by molar-refractivity contribution is 0.100. The van der Waals surface area contributed by atoms with Crippen LogP contribution in [0.4, 0.5) is 0 Å². The predicted octanol–water partition coefficient (Wildman–Crippen LogP) is 2.20. The van der Waals surface area contributed by atoms with E-state index in [1.165, 1.54) is 0 Å². The summed E-state index contributed by atoms with van der Waals surface area (Å²) in [4.78, 5) is 0.488. The fourth-order valence-electron chi connectivity index (χ4n) is 1.84. The summed E-state index contributed by atoms with van der Waals surface area (Å²) in [5, 5.41) is 26.1. The number of ether oxygens (including phenoxy) is 1. The quantitative estimate of drug-likeness (QED) is 0.843. The molecule has 1 heterocycles. The summed E-state index contributed by atoms with van der Waals surface area (Å²) in [6, 6.07) is 9.31. The van der Waals surface area contributed by atoms with Gasteiger partial charge in [0.25, 0.3) is 0 Å². The van der Waals surface area contributed by atoms with Crippen LogP contribution in [0.5, 0.6) is 5.75 Å². The molecule has 0 saturated heterocycles. The zero-order chi connectivity index (χ0) is 16.9. The molecule has 23 heavy (non-hydrogen) atoms. The first-order valence-corrected chi connectivity index (χ1v) is 8.05. The molecule has 1 atom stereocenters. The van der Waals surface area contributed by atoms with Gasteiger partial charge in [0.15, 0.2) is 4.88 Å². The molecule has 2 aromatic rings. The zero-order valence-electron chi connectivity index (χ0n) is 13.4. The van der Waals surface area contributed by atoms with E-state index in [2.05, 4.69) is 21.0 Å². The van der Waals surface area contributed by atoms with Gasteiger partial charge < -0.3 is 15.2 Å². The Balaban J connectivity index is 1.90. The molecule has 2 N–H and O–H groups in total. The van der Waals surface area contributed by atoms with E-state index in [0.29, 0.717) is 22.9 Å². The fourth-order valence-corrected chi connectivity index (χ4v) is 2.33. The van der Waals surface area contributed by atoms with Gasteiger partial charge in [0.05, 0.1) is 0 Å². The monoisotopic (exact) mass is 332 g/mol. The number of aliphatic hydroxyl groups excluding tert-OH is 1. The standard InChI is InChI=1S/C16H20N4O2S/c1-16(2,3)18-9-12(21)10-22-13-6-4-11(5-7-13)15-14(8-17)23-20-19-15/h4-7,12,18,21H,9-10H2,1-3H3. The lowest BCUT2D eigenvalue weighted by Gasteiger charge is -2.22. The van der Waals surface area contributed by atoms with Crippen molar-refractivity contribution in [2.45, 2.75) is 32.4 Å². The first-order chi connectivity index (χ1) is 10.9. The molecule has 1 unspecified atom stereocenters. The van der Waals surface area contributed by atoms with Crippen LogP contribution in [0.3, 0.4) is 0 Å². The van der Waals surface area contributed by atoms with Crippen LogP contribution in [0, 0.1) is 11.3 Å². The number of benzene rings is 1. The molecule has 2 rings (SSSR count). The molecule has 0 aliphatic rings. The van der Waals surface area contributed by atoms with E-state index < -0.39 is 6.10 Å².